The summed E-state index contributed by atoms with van der Waals surface area (Å²) >= 11 is 3.43. The number of fused-ring (bicyclic) bond motifs is 6. The van der Waals surface area contributed by atoms with Crippen molar-refractivity contribution in [2.75, 3.05) is 91.5 Å². The standard InChI is InChI=1S/C27H43N2O3.C20H29BrNO2.C20H26N2O.2CH4.2BrH/c1-22-12-16-28(19-25(22)31-2)15-8-4-7-11-27(30)32-26-21-29(17-13-24(26)14-18-29)20-23-9-5-3-6-10-23;21-12-6-2-5-9-20(23)24-19-16-22(13-10-18(19)11-14-22)15-17-7-3-1-4-8-17;1-23-20-14-21-13-12-19(20)22(15-17-8-4-2-5-9-17)16-18-10-6-3-7-11-18;;;;/h3,5-6,9-10,22,24-26H,4,7-8,11-21H2,1-2H3;1,3-4,7-8,18-19H,2,5-6,9-16H2;2-11,19-21H,12-16H2,1H3;2*1H4;2*1H/q2*+1;;;;;/t22-,24?,25+,26+,29?;18?,19-,22?;19-,20+;;;;/m101..../s1. The van der Waals surface area contributed by atoms with Crippen molar-refractivity contribution in [1.29, 1.82) is 0 Å². The number of benzene rings is 4. The summed E-state index contributed by atoms with van der Waals surface area (Å²) in [6, 6.07) is 43.5. The van der Waals surface area contributed by atoms with Crippen LogP contribution in [0.5, 0.6) is 0 Å². The number of piperidine rings is 8. The zero-order valence-electron chi connectivity index (χ0n) is 49.3. The van der Waals surface area contributed by atoms with Crippen LogP contribution in [0.1, 0.15) is 134 Å². The summed E-state index contributed by atoms with van der Waals surface area (Å²) in [6.07, 6.45) is 15.5. The number of alkyl halides is 1. The number of nitrogens with one attached hydrogen (secondary N) is 1. The third-order valence-corrected chi connectivity index (χ3v) is 19.2. The van der Waals surface area contributed by atoms with E-state index in [1.165, 1.54) is 87.1 Å². The van der Waals surface area contributed by atoms with Gasteiger partial charge in [0, 0.05) is 113 Å². The molecular formula is C69H108Br3N5O6+2. The van der Waals surface area contributed by atoms with Crippen LogP contribution >= 0.6 is 49.9 Å². The van der Waals surface area contributed by atoms with Gasteiger partial charge in [-0.2, -0.15) is 0 Å². The van der Waals surface area contributed by atoms with Crippen molar-refractivity contribution in [3.63, 3.8) is 0 Å². The van der Waals surface area contributed by atoms with E-state index in [0.717, 1.165) is 125 Å². The molecule has 6 atom stereocenters. The number of quaternary nitrogens is 2. The van der Waals surface area contributed by atoms with E-state index in [2.05, 4.69) is 159 Å². The quantitative estimate of drug-likeness (QED) is 0.0319. The summed E-state index contributed by atoms with van der Waals surface area (Å²) in [5, 5.41) is 4.47. The van der Waals surface area contributed by atoms with Gasteiger partial charge in [0.05, 0.1) is 38.4 Å². The smallest absolute Gasteiger partial charge is 0.306 e. The van der Waals surface area contributed by atoms with Crippen molar-refractivity contribution in [3.8, 4) is 0 Å². The monoisotopic (exact) mass is 1340 g/mol. The molecular weight excluding hydrogens is 1230 g/mol. The Morgan fingerprint density at radius 3 is 1.43 bits per heavy atom. The van der Waals surface area contributed by atoms with Gasteiger partial charge in [0.15, 0.2) is 12.2 Å². The van der Waals surface area contributed by atoms with Crippen LogP contribution in [0.3, 0.4) is 0 Å². The number of carbonyl (C=O) groups excluding carboxylic acids is 2. The van der Waals surface area contributed by atoms with Gasteiger partial charge in [0.1, 0.15) is 26.2 Å². The van der Waals surface area contributed by atoms with Gasteiger partial charge in [-0.05, 0) is 75.2 Å². The number of hydrogen-bond acceptors (Lipinski definition) is 9. The third kappa shape index (κ3) is 22.9. The summed E-state index contributed by atoms with van der Waals surface area (Å²) in [6.45, 7) is 18.6. The second-order valence-corrected chi connectivity index (χ2v) is 25.1. The topological polar surface area (TPSA) is 89.6 Å². The van der Waals surface area contributed by atoms with Gasteiger partial charge in [-0.1, -0.05) is 172 Å². The molecule has 464 valence electrons. The third-order valence-electron chi connectivity index (χ3n) is 18.6. The van der Waals surface area contributed by atoms with Crippen molar-refractivity contribution in [1.82, 2.24) is 15.1 Å². The molecule has 8 aliphatic rings. The van der Waals surface area contributed by atoms with Crippen molar-refractivity contribution in [3.05, 3.63) is 144 Å². The van der Waals surface area contributed by atoms with Crippen LogP contribution in [0, 0.1) is 17.8 Å². The maximum atomic E-state index is 12.6. The molecule has 14 heteroatoms. The number of esters is 2. The molecule has 0 unspecified atom stereocenters. The van der Waals surface area contributed by atoms with Crippen molar-refractivity contribution >= 4 is 61.8 Å². The van der Waals surface area contributed by atoms with Crippen molar-refractivity contribution in [2.45, 2.75) is 168 Å². The second-order valence-electron chi connectivity index (χ2n) is 24.3. The molecule has 8 fully saturated rings. The minimum Gasteiger partial charge on any atom is -0.456 e. The molecule has 12 rings (SSSR count). The number of nitrogens with zero attached hydrogens (tertiary/aromatic N) is 4. The molecule has 8 heterocycles. The molecule has 4 aromatic rings. The molecule has 0 radical (unpaired) electrons. The van der Waals surface area contributed by atoms with Gasteiger partial charge in [-0.15, -0.1) is 34.0 Å². The molecule has 4 aromatic carbocycles. The lowest BCUT2D eigenvalue weighted by atomic mass is 9.83. The number of hydrogen-bond donors (Lipinski definition) is 1. The Balaban J connectivity index is 0.000000266. The van der Waals surface area contributed by atoms with Crippen LogP contribution in [0.15, 0.2) is 121 Å². The molecule has 8 aliphatic heterocycles. The highest BCUT2D eigenvalue weighted by molar-refractivity contribution is 9.09. The molecule has 83 heavy (non-hydrogen) atoms. The van der Waals surface area contributed by atoms with Crippen LogP contribution in [0.4, 0.5) is 0 Å². The number of halogens is 3. The van der Waals surface area contributed by atoms with Gasteiger partial charge in [-0.25, -0.2) is 0 Å². The Hall–Kier alpha value is -3.02. The number of rotatable bonds is 24. The van der Waals surface area contributed by atoms with E-state index < -0.39 is 0 Å². The predicted octanol–water partition coefficient (Wildman–Crippen LogP) is 14.0. The summed E-state index contributed by atoms with van der Waals surface area (Å²) in [7, 11) is 3.66. The highest BCUT2D eigenvalue weighted by Crippen LogP contribution is 2.39. The van der Waals surface area contributed by atoms with Gasteiger partial charge in [-0.3, -0.25) is 14.5 Å². The van der Waals surface area contributed by atoms with Crippen LogP contribution in [0.25, 0.3) is 0 Å². The minimum atomic E-state index is 0. The number of ether oxygens (including phenoxy) is 4. The predicted molar refractivity (Wildman–Crippen MR) is 355 cm³/mol. The number of carbonyl (C=O) groups is 2. The Kier molecular flexibility index (Phi) is 33.4. The maximum Gasteiger partial charge on any atom is 0.306 e. The molecule has 4 bridgehead atoms. The van der Waals surface area contributed by atoms with Crippen LogP contribution in [-0.2, 0) is 54.7 Å². The summed E-state index contributed by atoms with van der Waals surface area (Å²) in [5.41, 5.74) is 5.52. The van der Waals surface area contributed by atoms with E-state index in [9.17, 15) is 9.59 Å². The summed E-state index contributed by atoms with van der Waals surface area (Å²) in [4.78, 5) is 29.8. The molecule has 0 saturated carbocycles. The Bertz CT molecular complexity index is 2310. The SMILES string of the molecule is Br.Br.C.C.CO[C@H]1CN(CCCCCC(=O)O[C@H]2C[N+]3(Cc4ccccc4)CCC2CC3)CC[C@H]1C.CO[C@H]1CNCC[C@H]1N(Cc1ccccc1)Cc1ccccc1.O=C(CCCCCBr)O[C@H]1C[N+]2(Cc3ccccc3)CCC1CC2. The van der Waals surface area contributed by atoms with E-state index in [4.69, 9.17) is 18.9 Å². The van der Waals surface area contributed by atoms with E-state index in [1.54, 1.807) is 0 Å². The fraction of sp³-hybridized carbons (Fsp3) is 0.623. The molecule has 0 spiro atoms. The average Bonchev–Trinajstić information content (AvgIpc) is 2.96. The number of unbranched alkanes of at least 4 members (excludes halogenated alkanes) is 4. The first-order chi connectivity index (χ1) is 38.6. The maximum absolute atomic E-state index is 12.6. The van der Waals surface area contributed by atoms with Gasteiger partial charge in [0.25, 0.3) is 0 Å². The highest BCUT2D eigenvalue weighted by atomic mass is 79.9. The summed E-state index contributed by atoms with van der Waals surface area (Å²) in [5.74, 6) is 1.86. The largest absolute Gasteiger partial charge is 0.456 e. The molecule has 0 amide bonds. The van der Waals surface area contributed by atoms with E-state index in [1.807, 2.05) is 14.2 Å². The first-order valence-electron chi connectivity index (χ1n) is 30.7. The minimum absolute atomic E-state index is 0. The molecule has 0 aliphatic carbocycles. The normalized spacial score (nSPS) is 26.9. The van der Waals surface area contributed by atoms with E-state index >= 15 is 0 Å². The van der Waals surface area contributed by atoms with Crippen molar-refractivity contribution < 1.29 is 37.5 Å². The zero-order chi connectivity index (χ0) is 55.1. The first kappa shape index (κ1) is 72.5. The molecule has 0 aromatic heterocycles. The van der Waals surface area contributed by atoms with Gasteiger partial charge in [0.2, 0.25) is 0 Å². The number of likely N-dealkylation sites (tertiary alicyclic amines) is 1. The Labute approximate surface area is 532 Å². The molecule has 8 saturated heterocycles. The lowest BCUT2D eigenvalue weighted by molar-refractivity contribution is -0.958. The highest BCUT2D eigenvalue weighted by Gasteiger charge is 2.49. The van der Waals surface area contributed by atoms with Crippen LogP contribution in [0.2, 0.25) is 0 Å². The van der Waals surface area contributed by atoms with Crippen LogP contribution in [-0.4, -0.2) is 153 Å². The second kappa shape index (κ2) is 38.3. The van der Waals surface area contributed by atoms with Crippen molar-refractivity contribution in [2.24, 2.45) is 17.8 Å². The number of methoxy groups -OCH3 is 2. The fourth-order valence-corrected chi connectivity index (χ4v) is 14.3. The molecule has 1 N–H and O–H groups in total. The zero-order valence-corrected chi connectivity index (χ0v) is 54.3. The molecule has 11 nitrogen and oxygen atoms in total. The average molecular weight is 1340 g/mol. The first-order valence-corrected chi connectivity index (χ1v) is 31.8. The Morgan fingerprint density at radius 2 is 1.00 bits per heavy atom. The lowest BCUT2D eigenvalue weighted by Gasteiger charge is -2.52. The summed E-state index contributed by atoms with van der Waals surface area (Å²) < 4.78 is 25.5. The fourth-order valence-electron chi connectivity index (χ4n) is 13.9. The van der Waals surface area contributed by atoms with Gasteiger partial charge < -0.3 is 38.1 Å². The van der Waals surface area contributed by atoms with Gasteiger partial charge >= 0.3 is 11.9 Å². The lowest BCUT2D eigenvalue weighted by Crippen LogP contribution is -2.63. The van der Waals surface area contributed by atoms with E-state index in [-0.39, 0.29) is 79.1 Å². The van der Waals surface area contributed by atoms with Crippen LogP contribution < -0.4 is 5.32 Å². The van der Waals surface area contributed by atoms with E-state index in [0.29, 0.717) is 42.7 Å². The Morgan fingerprint density at radius 1 is 0.566 bits per heavy atom.